The maximum atomic E-state index is 12.9. The van der Waals surface area contributed by atoms with Gasteiger partial charge in [0.1, 0.15) is 5.00 Å². The SMILES string of the molecule is CCCOC(=O)c1c(NC(=O)c2nn3cccnc3c2Br)sc(C(=O)N(C)C)c1C. The van der Waals surface area contributed by atoms with Crippen molar-refractivity contribution in [2.45, 2.75) is 20.3 Å². The monoisotopic (exact) mass is 493 g/mol. The van der Waals surface area contributed by atoms with Crippen molar-refractivity contribution in [2.24, 2.45) is 0 Å². The molecule has 0 atom stereocenters. The Kier molecular flexibility index (Phi) is 6.52. The van der Waals surface area contributed by atoms with Gasteiger partial charge in [0.05, 0.1) is 21.5 Å². The molecule has 0 aliphatic carbocycles. The summed E-state index contributed by atoms with van der Waals surface area (Å²) in [7, 11) is 3.24. The number of fused-ring (bicyclic) bond motifs is 1. The molecule has 2 amide bonds. The van der Waals surface area contributed by atoms with Crippen LogP contribution in [0.4, 0.5) is 5.00 Å². The molecule has 0 aliphatic rings. The van der Waals surface area contributed by atoms with Gasteiger partial charge in [-0.05, 0) is 40.9 Å². The van der Waals surface area contributed by atoms with Crippen LogP contribution in [0.5, 0.6) is 0 Å². The molecule has 3 rings (SSSR count). The zero-order valence-electron chi connectivity index (χ0n) is 16.9. The summed E-state index contributed by atoms with van der Waals surface area (Å²) in [5.74, 6) is -1.39. The normalized spacial score (nSPS) is 10.8. The van der Waals surface area contributed by atoms with E-state index >= 15 is 0 Å². The molecule has 3 aromatic heterocycles. The summed E-state index contributed by atoms with van der Waals surface area (Å²) in [6, 6.07) is 1.69. The van der Waals surface area contributed by atoms with Gasteiger partial charge in [0, 0.05) is 26.5 Å². The molecule has 3 aromatic rings. The van der Waals surface area contributed by atoms with Crippen LogP contribution in [0, 0.1) is 6.92 Å². The molecule has 0 fully saturated rings. The van der Waals surface area contributed by atoms with Gasteiger partial charge in [-0.1, -0.05) is 6.92 Å². The van der Waals surface area contributed by atoms with Gasteiger partial charge in [-0.15, -0.1) is 11.3 Å². The van der Waals surface area contributed by atoms with Crippen LogP contribution in [0.3, 0.4) is 0 Å². The lowest BCUT2D eigenvalue weighted by atomic mass is 10.1. The Morgan fingerprint density at radius 2 is 2.07 bits per heavy atom. The Morgan fingerprint density at radius 3 is 2.70 bits per heavy atom. The molecular formula is C19H20BrN5O4S. The third-order valence-electron chi connectivity index (χ3n) is 4.17. The van der Waals surface area contributed by atoms with Crippen LogP contribution in [0.15, 0.2) is 22.9 Å². The molecule has 9 nitrogen and oxygen atoms in total. The molecule has 0 unspecified atom stereocenters. The topological polar surface area (TPSA) is 106 Å². The molecule has 0 saturated carbocycles. The number of carbonyl (C=O) groups excluding carboxylic acids is 3. The molecule has 3 heterocycles. The zero-order chi connectivity index (χ0) is 22.0. The summed E-state index contributed by atoms with van der Waals surface area (Å²) in [5.41, 5.74) is 1.22. The van der Waals surface area contributed by atoms with Crippen LogP contribution in [-0.2, 0) is 4.74 Å². The van der Waals surface area contributed by atoms with Gasteiger partial charge in [0.25, 0.3) is 11.8 Å². The number of hydrogen-bond donors (Lipinski definition) is 1. The number of anilines is 1. The Hall–Kier alpha value is -2.79. The smallest absolute Gasteiger partial charge is 0.341 e. The van der Waals surface area contributed by atoms with Crippen molar-refractivity contribution in [1.29, 1.82) is 0 Å². The maximum Gasteiger partial charge on any atom is 0.341 e. The second-order valence-electron chi connectivity index (χ2n) is 6.60. The van der Waals surface area contributed by atoms with Gasteiger partial charge in [-0.3, -0.25) is 9.59 Å². The predicted octanol–water partition coefficient (Wildman–Crippen LogP) is 3.38. The lowest BCUT2D eigenvalue weighted by Gasteiger charge is -2.09. The molecule has 0 aromatic carbocycles. The number of esters is 1. The molecule has 0 spiro atoms. The number of amides is 2. The van der Waals surface area contributed by atoms with E-state index in [-0.39, 0.29) is 28.8 Å². The molecule has 0 saturated heterocycles. The third-order valence-corrected chi connectivity index (χ3v) is 6.10. The van der Waals surface area contributed by atoms with Crippen molar-refractivity contribution in [2.75, 3.05) is 26.0 Å². The minimum atomic E-state index is -0.588. The molecule has 158 valence electrons. The standard InChI is InChI=1S/C19H20BrN5O4S/c1-5-9-29-19(28)11-10(2)14(18(27)24(3)4)30-17(11)22-16(26)13-12(20)15-21-7-6-8-25(15)23-13/h6-8H,5,9H2,1-4H3,(H,22,26). The van der Waals surface area contributed by atoms with Gasteiger partial charge in [-0.25, -0.2) is 14.3 Å². The van der Waals surface area contributed by atoms with E-state index in [4.69, 9.17) is 4.74 Å². The summed E-state index contributed by atoms with van der Waals surface area (Å²) in [6.45, 7) is 3.78. The average molecular weight is 494 g/mol. The van der Waals surface area contributed by atoms with Crippen molar-refractivity contribution < 1.29 is 19.1 Å². The molecular weight excluding hydrogens is 474 g/mol. The van der Waals surface area contributed by atoms with E-state index in [1.54, 1.807) is 39.5 Å². The number of carbonyl (C=O) groups is 3. The summed E-state index contributed by atoms with van der Waals surface area (Å²) in [4.78, 5) is 44.1. The van der Waals surface area contributed by atoms with Crippen LogP contribution in [-0.4, -0.2) is 58.0 Å². The largest absolute Gasteiger partial charge is 0.462 e. The predicted molar refractivity (Wildman–Crippen MR) is 116 cm³/mol. The second kappa shape index (κ2) is 8.92. The zero-order valence-corrected chi connectivity index (χ0v) is 19.3. The van der Waals surface area contributed by atoms with E-state index in [1.807, 2.05) is 6.92 Å². The summed E-state index contributed by atoms with van der Waals surface area (Å²) in [6.07, 6.45) is 3.91. The number of rotatable bonds is 6. The minimum absolute atomic E-state index is 0.105. The number of aromatic nitrogens is 3. The second-order valence-corrected chi connectivity index (χ2v) is 8.41. The van der Waals surface area contributed by atoms with E-state index < -0.39 is 11.9 Å². The fraction of sp³-hybridized carbons (Fsp3) is 0.316. The average Bonchev–Trinajstić information content (AvgIpc) is 3.22. The third kappa shape index (κ3) is 4.08. The molecule has 30 heavy (non-hydrogen) atoms. The molecule has 0 aliphatic heterocycles. The highest BCUT2D eigenvalue weighted by Gasteiger charge is 2.29. The first-order valence-electron chi connectivity index (χ1n) is 9.08. The molecule has 1 N–H and O–H groups in total. The first-order chi connectivity index (χ1) is 14.3. The number of hydrogen-bond acceptors (Lipinski definition) is 7. The number of nitrogens with zero attached hydrogens (tertiary/aromatic N) is 4. The quantitative estimate of drug-likeness (QED) is 0.527. The molecule has 11 heteroatoms. The highest BCUT2D eigenvalue weighted by atomic mass is 79.9. The highest BCUT2D eigenvalue weighted by molar-refractivity contribution is 9.10. The fourth-order valence-electron chi connectivity index (χ4n) is 2.69. The molecule has 0 bridgehead atoms. The van der Waals surface area contributed by atoms with Crippen LogP contribution in [0.2, 0.25) is 0 Å². The van der Waals surface area contributed by atoms with Crippen LogP contribution < -0.4 is 5.32 Å². The van der Waals surface area contributed by atoms with Gasteiger partial charge in [0.2, 0.25) is 0 Å². The van der Waals surface area contributed by atoms with Gasteiger partial charge < -0.3 is 15.0 Å². The van der Waals surface area contributed by atoms with Crippen LogP contribution >= 0.6 is 27.3 Å². The highest BCUT2D eigenvalue weighted by Crippen LogP contribution is 2.35. The van der Waals surface area contributed by atoms with Crippen LogP contribution in [0.25, 0.3) is 5.65 Å². The van der Waals surface area contributed by atoms with E-state index in [9.17, 15) is 14.4 Å². The summed E-state index contributed by atoms with van der Waals surface area (Å²) >= 11 is 4.38. The van der Waals surface area contributed by atoms with Crippen molar-refractivity contribution in [1.82, 2.24) is 19.5 Å². The Bertz CT molecular complexity index is 1140. The number of nitrogens with one attached hydrogen (secondary N) is 1. The van der Waals surface area contributed by atoms with Crippen LogP contribution in [0.1, 0.15) is 49.4 Å². The lowest BCUT2D eigenvalue weighted by Crippen LogP contribution is -2.21. The van der Waals surface area contributed by atoms with Crippen molar-refractivity contribution in [3.05, 3.63) is 44.6 Å². The fourth-order valence-corrected chi connectivity index (χ4v) is 4.44. The van der Waals surface area contributed by atoms with Crippen molar-refractivity contribution in [3.8, 4) is 0 Å². The minimum Gasteiger partial charge on any atom is -0.462 e. The van der Waals surface area contributed by atoms with E-state index in [0.29, 0.717) is 27.0 Å². The van der Waals surface area contributed by atoms with Crippen molar-refractivity contribution in [3.63, 3.8) is 0 Å². The Balaban J connectivity index is 2.01. The number of thiophene rings is 1. The van der Waals surface area contributed by atoms with Gasteiger partial charge in [0.15, 0.2) is 11.3 Å². The molecule has 0 radical (unpaired) electrons. The number of halogens is 1. The van der Waals surface area contributed by atoms with Gasteiger partial charge >= 0.3 is 5.97 Å². The van der Waals surface area contributed by atoms with E-state index in [2.05, 4.69) is 31.3 Å². The first kappa shape index (κ1) is 21.9. The Labute approximate surface area is 185 Å². The Morgan fingerprint density at radius 1 is 1.33 bits per heavy atom. The van der Waals surface area contributed by atoms with Crippen molar-refractivity contribution >= 4 is 55.7 Å². The first-order valence-corrected chi connectivity index (χ1v) is 10.7. The summed E-state index contributed by atoms with van der Waals surface area (Å²) in [5, 5.41) is 7.19. The summed E-state index contributed by atoms with van der Waals surface area (Å²) < 4.78 is 7.16. The maximum absolute atomic E-state index is 12.9. The van der Waals surface area contributed by atoms with E-state index in [0.717, 1.165) is 11.3 Å². The number of ether oxygens (including phenoxy) is 1. The van der Waals surface area contributed by atoms with Gasteiger partial charge in [-0.2, -0.15) is 5.10 Å². The lowest BCUT2D eigenvalue weighted by molar-refractivity contribution is 0.0506. The van der Waals surface area contributed by atoms with E-state index in [1.165, 1.54) is 9.42 Å².